The van der Waals surface area contributed by atoms with Crippen molar-refractivity contribution >= 4 is 29.0 Å². The molecule has 12 heteroatoms. The number of aromatic nitrogens is 2. The van der Waals surface area contributed by atoms with Gasteiger partial charge in [0.05, 0.1) is 23.3 Å². The second-order valence-electron chi connectivity index (χ2n) is 5.11. The molecule has 1 atom stereocenters. The van der Waals surface area contributed by atoms with Crippen LogP contribution in [0.2, 0.25) is 0 Å². The maximum atomic E-state index is 12.7. The number of ether oxygens (including phenoxy) is 1. The highest BCUT2D eigenvalue weighted by Gasteiger charge is 2.33. The Labute approximate surface area is 155 Å². The van der Waals surface area contributed by atoms with Crippen molar-refractivity contribution in [1.29, 1.82) is 0 Å². The Balaban J connectivity index is 2.14. The van der Waals surface area contributed by atoms with Crippen LogP contribution >= 0.6 is 11.8 Å². The molecule has 0 saturated carbocycles. The minimum Gasteiger partial charge on any atom is -0.496 e. The number of carbonyl (C=O) groups is 1. The number of benzene rings is 1. The molecule has 2 aromatic rings. The number of thioether (sulfide) groups is 1. The van der Waals surface area contributed by atoms with Gasteiger partial charge in [0.1, 0.15) is 17.1 Å². The topological polar surface area (TPSA) is 107 Å². The molecule has 0 bridgehead atoms. The first kappa shape index (κ1) is 20.4. The molecule has 0 aliphatic rings. The molecule has 144 valence electrons. The molecule has 0 aliphatic carbocycles. The largest absolute Gasteiger partial charge is 0.496 e. The summed E-state index contributed by atoms with van der Waals surface area (Å²) < 4.78 is 42.9. The Morgan fingerprint density at radius 2 is 2.07 bits per heavy atom. The first-order chi connectivity index (χ1) is 12.6. The monoisotopic (exact) mass is 402 g/mol. The van der Waals surface area contributed by atoms with Crippen molar-refractivity contribution in [1.82, 2.24) is 9.97 Å². The van der Waals surface area contributed by atoms with Gasteiger partial charge in [-0.05, 0) is 25.1 Å². The van der Waals surface area contributed by atoms with E-state index < -0.39 is 28.0 Å². The standard InChI is InChI=1S/C15H13F3N4O4S/c1-8(27-14-19-6-5-12(21-14)15(16,17)18)13(23)20-10-4-3-9(26-2)7-11(10)22(24)25/h3-8H,1-2H3,(H,20,23). The third-order valence-corrected chi connectivity index (χ3v) is 4.21. The Bertz CT molecular complexity index is 863. The fourth-order valence-electron chi connectivity index (χ4n) is 1.90. The highest BCUT2D eigenvalue weighted by Crippen LogP contribution is 2.31. The fourth-order valence-corrected chi connectivity index (χ4v) is 2.65. The van der Waals surface area contributed by atoms with Crippen molar-refractivity contribution in [3.8, 4) is 5.75 Å². The van der Waals surface area contributed by atoms with Crippen molar-refractivity contribution in [3.05, 3.63) is 46.3 Å². The molecule has 1 N–H and O–H groups in total. The normalized spacial score (nSPS) is 12.3. The number of nitrogens with zero attached hydrogens (tertiary/aromatic N) is 3. The van der Waals surface area contributed by atoms with Crippen LogP contribution in [-0.2, 0) is 11.0 Å². The molecule has 1 aromatic carbocycles. The fraction of sp³-hybridized carbons (Fsp3) is 0.267. The lowest BCUT2D eigenvalue weighted by Gasteiger charge is -2.12. The van der Waals surface area contributed by atoms with Crippen molar-refractivity contribution in [2.75, 3.05) is 12.4 Å². The van der Waals surface area contributed by atoms with Crippen LogP contribution in [0.1, 0.15) is 12.6 Å². The zero-order valence-electron chi connectivity index (χ0n) is 14.0. The molecule has 1 unspecified atom stereocenters. The number of amides is 1. The van der Waals surface area contributed by atoms with E-state index in [4.69, 9.17) is 4.74 Å². The quantitative estimate of drug-likeness (QED) is 0.341. The first-order valence-corrected chi connectivity index (χ1v) is 8.20. The molecule has 27 heavy (non-hydrogen) atoms. The molecule has 0 spiro atoms. The summed E-state index contributed by atoms with van der Waals surface area (Å²) in [5.41, 5.74) is -1.57. The Morgan fingerprint density at radius 1 is 1.37 bits per heavy atom. The predicted molar refractivity (Wildman–Crippen MR) is 90.6 cm³/mol. The van der Waals surface area contributed by atoms with Crippen LogP contribution in [0.5, 0.6) is 5.75 Å². The lowest BCUT2D eigenvalue weighted by Crippen LogP contribution is -2.23. The van der Waals surface area contributed by atoms with Gasteiger partial charge in [-0.25, -0.2) is 9.97 Å². The minimum atomic E-state index is -4.63. The molecule has 1 heterocycles. The molecule has 0 fully saturated rings. The van der Waals surface area contributed by atoms with Crippen LogP contribution in [0.4, 0.5) is 24.5 Å². The van der Waals surface area contributed by atoms with Crippen LogP contribution in [0, 0.1) is 10.1 Å². The summed E-state index contributed by atoms with van der Waals surface area (Å²) in [6, 6.07) is 4.59. The number of anilines is 1. The summed E-state index contributed by atoms with van der Waals surface area (Å²) in [4.78, 5) is 29.8. The molecule has 1 aromatic heterocycles. The van der Waals surface area contributed by atoms with E-state index in [0.717, 1.165) is 18.3 Å². The SMILES string of the molecule is COc1ccc(NC(=O)C(C)Sc2nccc(C(F)(F)F)n2)c([N+](=O)[O-])c1. The first-order valence-electron chi connectivity index (χ1n) is 7.32. The lowest BCUT2D eigenvalue weighted by atomic mass is 10.2. The number of hydrogen-bond donors (Lipinski definition) is 1. The summed E-state index contributed by atoms with van der Waals surface area (Å²) in [5, 5.41) is 12.4. The number of nitro groups is 1. The van der Waals surface area contributed by atoms with Crippen LogP contribution in [-0.4, -0.2) is 33.2 Å². The van der Waals surface area contributed by atoms with E-state index >= 15 is 0 Å². The van der Waals surface area contributed by atoms with E-state index in [1.54, 1.807) is 0 Å². The van der Waals surface area contributed by atoms with Crippen LogP contribution in [0.3, 0.4) is 0 Å². The highest BCUT2D eigenvalue weighted by molar-refractivity contribution is 8.00. The smallest absolute Gasteiger partial charge is 0.433 e. The van der Waals surface area contributed by atoms with E-state index in [1.807, 2.05) is 0 Å². The van der Waals surface area contributed by atoms with Gasteiger partial charge in [-0.1, -0.05) is 11.8 Å². The summed E-state index contributed by atoms with van der Waals surface area (Å²) in [7, 11) is 1.34. The van der Waals surface area contributed by atoms with E-state index in [9.17, 15) is 28.1 Å². The van der Waals surface area contributed by atoms with Crippen molar-refractivity contribution in [2.24, 2.45) is 0 Å². The van der Waals surface area contributed by atoms with Crippen molar-refractivity contribution in [3.63, 3.8) is 0 Å². The van der Waals surface area contributed by atoms with Gasteiger partial charge in [0.15, 0.2) is 5.16 Å². The number of methoxy groups -OCH3 is 1. The molecule has 8 nitrogen and oxygen atoms in total. The lowest BCUT2D eigenvalue weighted by molar-refractivity contribution is -0.384. The van der Waals surface area contributed by atoms with Gasteiger partial charge in [-0.2, -0.15) is 13.2 Å². The maximum Gasteiger partial charge on any atom is 0.433 e. The average molecular weight is 402 g/mol. The maximum absolute atomic E-state index is 12.7. The zero-order valence-corrected chi connectivity index (χ0v) is 14.8. The van der Waals surface area contributed by atoms with E-state index in [1.165, 1.54) is 26.2 Å². The molecule has 0 radical (unpaired) electrons. The Kier molecular flexibility index (Phi) is 6.20. The Hall–Kier alpha value is -2.89. The van der Waals surface area contributed by atoms with E-state index in [2.05, 4.69) is 15.3 Å². The number of nitro benzene ring substituents is 1. The van der Waals surface area contributed by atoms with E-state index in [0.29, 0.717) is 11.8 Å². The van der Waals surface area contributed by atoms with Gasteiger partial charge in [0.2, 0.25) is 5.91 Å². The van der Waals surface area contributed by atoms with Gasteiger partial charge >= 0.3 is 6.18 Å². The number of halogens is 3. The highest BCUT2D eigenvalue weighted by atomic mass is 32.2. The number of carbonyl (C=O) groups excluding carboxylic acids is 1. The summed E-state index contributed by atoms with van der Waals surface area (Å²) in [5.74, 6) is -0.422. The molecule has 2 rings (SSSR count). The van der Waals surface area contributed by atoms with Crippen molar-refractivity contribution < 1.29 is 27.6 Å². The molecule has 1 amide bonds. The Morgan fingerprint density at radius 3 is 2.67 bits per heavy atom. The molecular formula is C15H13F3N4O4S. The third kappa shape index (κ3) is 5.29. The number of alkyl halides is 3. The summed E-state index contributed by atoms with van der Waals surface area (Å²) in [6.07, 6.45) is -3.69. The minimum absolute atomic E-state index is 0.0665. The summed E-state index contributed by atoms with van der Waals surface area (Å²) in [6.45, 7) is 1.42. The molecule has 0 saturated heterocycles. The van der Waals surface area contributed by atoms with Crippen LogP contribution < -0.4 is 10.1 Å². The predicted octanol–water partition coefficient (Wildman–Crippen LogP) is 3.53. The zero-order chi connectivity index (χ0) is 20.2. The number of nitrogens with one attached hydrogen (secondary N) is 1. The molecular weight excluding hydrogens is 389 g/mol. The van der Waals surface area contributed by atoms with Crippen molar-refractivity contribution in [2.45, 2.75) is 23.5 Å². The second kappa shape index (κ2) is 8.20. The average Bonchev–Trinajstić information content (AvgIpc) is 2.61. The summed E-state index contributed by atoms with van der Waals surface area (Å²) >= 11 is 0.694. The molecule has 0 aliphatic heterocycles. The van der Waals surface area contributed by atoms with Gasteiger partial charge in [-0.3, -0.25) is 14.9 Å². The third-order valence-electron chi connectivity index (χ3n) is 3.23. The van der Waals surface area contributed by atoms with Gasteiger partial charge in [0.25, 0.3) is 5.69 Å². The van der Waals surface area contributed by atoms with Gasteiger partial charge in [0, 0.05) is 6.20 Å². The second-order valence-corrected chi connectivity index (χ2v) is 6.42. The van der Waals surface area contributed by atoms with Crippen LogP contribution in [0.25, 0.3) is 0 Å². The number of rotatable bonds is 6. The van der Waals surface area contributed by atoms with E-state index in [-0.39, 0.29) is 22.3 Å². The number of hydrogen-bond acceptors (Lipinski definition) is 7. The van der Waals surface area contributed by atoms with Crippen LogP contribution in [0.15, 0.2) is 35.6 Å². The van der Waals surface area contributed by atoms with Gasteiger partial charge in [-0.15, -0.1) is 0 Å². The van der Waals surface area contributed by atoms with Gasteiger partial charge < -0.3 is 10.1 Å².